The summed E-state index contributed by atoms with van der Waals surface area (Å²) < 4.78 is 0. The summed E-state index contributed by atoms with van der Waals surface area (Å²) in [5.41, 5.74) is 3.37. The third kappa shape index (κ3) is 4.87. The highest BCUT2D eigenvalue weighted by molar-refractivity contribution is 5.82. The van der Waals surface area contributed by atoms with Gasteiger partial charge in [-0.1, -0.05) is 63.9 Å². The quantitative estimate of drug-likeness (QED) is 0.813. The van der Waals surface area contributed by atoms with Gasteiger partial charge in [0.15, 0.2) is 0 Å². The summed E-state index contributed by atoms with van der Waals surface area (Å²) in [5.74, 6) is 1.02. The van der Waals surface area contributed by atoms with Crippen molar-refractivity contribution < 1.29 is 4.79 Å². The molecule has 0 radical (unpaired) electrons. The maximum Gasteiger partial charge on any atom is 0.226 e. The van der Waals surface area contributed by atoms with E-state index in [-0.39, 0.29) is 11.3 Å². The van der Waals surface area contributed by atoms with Gasteiger partial charge in [0, 0.05) is 12.0 Å². The molecule has 2 nitrogen and oxygen atoms in total. The van der Waals surface area contributed by atoms with Crippen LogP contribution in [0, 0.1) is 31.1 Å². The van der Waals surface area contributed by atoms with Crippen LogP contribution in [-0.2, 0) is 11.3 Å². The van der Waals surface area contributed by atoms with E-state index >= 15 is 0 Å². The molecule has 1 rings (SSSR count). The highest BCUT2D eigenvalue weighted by Gasteiger charge is 2.36. The van der Waals surface area contributed by atoms with Gasteiger partial charge in [0.25, 0.3) is 0 Å². The zero-order valence-electron chi connectivity index (χ0n) is 14.7. The van der Waals surface area contributed by atoms with Gasteiger partial charge in [-0.2, -0.15) is 0 Å². The predicted molar refractivity (Wildman–Crippen MR) is 90.2 cm³/mol. The first-order valence-electron chi connectivity index (χ1n) is 8.00. The first-order chi connectivity index (χ1) is 9.65. The third-order valence-corrected chi connectivity index (χ3v) is 4.36. The van der Waals surface area contributed by atoms with Gasteiger partial charge in [0.05, 0.1) is 0 Å². The molecule has 0 aromatic heterocycles. The first kappa shape index (κ1) is 17.7. The van der Waals surface area contributed by atoms with Crippen LogP contribution in [0.25, 0.3) is 0 Å². The van der Waals surface area contributed by atoms with Crippen LogP contribution in [-0.4, -0.2) is 5.91 Å². The summed E-state index contributed by atoms with van der Waals surface area (Å²) in [7, 11) is 0. The molecule has 21 heavy (non-hydrogen) atoms. The summed E-state index contributed by atoms with van der Waals surface area (Å²) in [6.45, 7) is 15.5. The fourth-order valence-corrected chi connectivity index (χ4v) is 2.99. The molecular weight excluding hydrogens is 258 g/mol. The van der Waals surface area contributed by atoms with Gasteiger partial charge in [-0.25, -0.2) is 0 Å². The van der Waals surface area contributed by atoms with Gasteiger partial charge in [-0.15, -0.1) is 0 Å². The Kier molecular flexibility index (Phi) is 6.00. The fraction of sp³-hybridized carbons (Fsp3) is 0.632. The van der Waals surface area contributed by atoms with Crippen LogP contribution in [0.15, 0.2) is 18.2 Å². The number of carbonyl (C=O) groups is 1. The standard InChI is InChI=1S/C19H31NO/c1-13(2)11-19(7,14(3)4)18(21)20-12-17-9-15(5)8-16(6)10-17/h8-10,13-14H,11-12H2,1-7H3,(H,20,21). The summed E-state index contributed by atoms with van der Waals surface area (Å²) in [6.07, 6.45) is 0.920. The Hall–Kier alpha value is -1.31. The van der Waals surface area contributed by atoms with E-state index in [9.17, 15) is 4.79 Å². The number of aryl methyl sites for hydroxylation is 2. The van der Waals surface area contributed by atoms with Crippen molar-refractivity contribution in [2.45, 2.75) is 61.4 Å². The largest absolute Gasteiger partial charge is 0.352 e. The molecule has 1 unspecified atom stereocenters. The molecule has 0 spiro atoms. The molecule has 0 heterocycles. The van der Waals surface area contributed by atoms with Gasteiger partial charge in [-0.05, 0) is 37.7 Å². The van der Waals surface area contributed by atoms with Crippen molar-refractivity contribution in [3.05, 3.63) is 34.9 Å². The highest BCUT2D eigenvalue weighted by atomic mass is 16.2. The van der Waals surface area contributed by atoms with Crippen LogP contribution in [0.1, 0.15) is 57.7 Å². The van der Waals surface area contributed by atoms with E-state index < -0.39 is 0 Å². The molecule has 0 aliphatic rings. The van der Waals surface area contributed by atoms with Gasteiger partial charge in [0.1, 0.15) is 0 Å². The number of hydrogen-bond donors (Lipinski definition) is 1. The van der Waals surface area contributed by atoms with Crippen LogP contribution >= 0.6 is 0 Å². The third-order valence-electron chi connectivity index (χ3n) is 4.36. The predicted octanol–water partition coefficient (Wildman–Crippen LogP) is 4.63. The smallest absolute Gasteiger partial charge is 0.226 e. The topological polar surface area (TPSA) is 29.1 Å². The van der Waals surface area contributed by atoms with Crippen molar-refractivity contribution in [1.82, 2.24) is 5.32 Å². The van der Waals surface area contributed by atoms with Gasteiger partial charge < -0.3 is 5.32 Å². The van der Waals surface area contributed by atoms with Crippen LogP contribution in [0.2, 0.25) is 0 Å². The van der Waals surface area contributed by atoms with E-state index in [0.717, 1.165) is 6.42 Å². The van der Waals surface area contributed by atoms with Crippen molar-refractivity contribution >= 4 is 5.91 Å². The molecule has 0 saturated heterocycles. The fourth-order valence-electron chi connectivity index (χ4n) is 2.99. The molecule has 118 valence electrons. The van der Waals surface area contributed by atoms with Gasteiger partial charge >= 0.3 is 0 Å². The Morgan fingerprint density at radius 2 is 1.62 bits per heavy atom. The van der Waals surface area contributed by atoms with Crippen molar-refractivity contribution in [2.75, 3.05) is 0 Å². The zero-order chi connectivity index (χ0) is 16.2. The summed E-state index contributed by atoms with van der Waals surface area (Å²) in [5, 5.41) is 3.14. The lowest BCUT2D eigenvalue weighted by Crippen LogP contribution is -2.43. The lowest BCUT2D eigenvalue weighted by molar-refractivity contribution is -0.133. The summed E-state index contributed by atoms with van der Waals surface area (Å²) >= 11 is 0. The number of carbonyl (C=O) groups excluding carboxylic acids is 1. The van der Waals surface area contributed by atoms with E-state index in [1.54, 1.807) is 0 Å². The average molecular weight is 289 g/mol. The number of rotatable bonds is 6. The molecule has 0 aliphatic heterocycles. The second-order valence-electron chi connectivity index (χ2n) is 7.35. The van der Waals surface area contributed by atoms with Gasteiger partial charge in [-0.3, -0.25) is 4.79 Å². The summed E-state index contributed by atoms with van der Waals surface area (Å²) in [6, 6.07) is 6.44. The molecule has 1 N–H and O–H groups in total. The van der Waals surface area contributed by atoms with Crippen LogP contribution < -0.4 is 5.32 Å². The Morgan fingerprint density at radius 3 is 2.05 bits per heavy atom. The van der Waals surface area contributed by atoms with E-state index in [1.165, 1.54) is 16.7 Å². The molecular formula is C19H31NO. The minimum atomic E-state index is -0.299. The van der Waals surface area contributed by atoms with Gasteiger partial charge in [0.2, 0.25) is 5.91 Å². The minimum Gasteiger partial charge on any atom is -0.352 e. The Balaban J connectivity index is 2.78. The SMILES string of the molecule is Cc1cc(C)cc(CNC(=O)C(C)(CC(C)C)C(C)C)c1. The first-order valence-corrected chi connectivity index (χ1v) is 8.00. The molecule has 0 aliphatic carbocycles. The monoisotopic (exact) mass is 289 g/mol. The van der Waals surface area contributed by atoms with Crippen LogP contribution in [0.4, 0.5) is 0 Å². The Labute approximate surface area is 130 Å². The molecule has 1 amide bonds. The molecule has 1 aromatic carbocycles. The lowest BCUT2D eigenvalue weighted by Gasteiger charge is -2.34. The highest BCUT2D eigenvalue weighted by Crippen LogP contribution is 2.34. The normalized spacial score (nSPS) is 14.3. The average Bonchev–Trinajstić information content (AvgIpc) is 2.33. The molecule has 1 atom stereocenters. The summed E-state index contributed by atoms with van der Waals surface area (Å²) in [4.78, 5) is 12.7. The lowest BCUT2D eigenvalue weighted by atomic mass is 9.72. The van der Waals surface area contributed by atoms with E-state index in [1.807, 2.05) is 0 Å². The van der Waals surface area contributed by atoms with Crippen molar-refractivity contribution in [3.8, 4) is 0 Å². The Morgan fingerprint density at radius 1 is 1.10 bits per heavy atom. The number of amides is 1. The van der Waals surface area contributed by atoms with Crippen molar-refractivity contribution in [2.24, 2.45) is 17.3 Å². The molecule has 0 fully saturated rings. The molecule has 2 heteroatoms. The maximum absolute atomic E-state index is 12.7. The van der Waals surface area contributed by atoms with E-state index in [0.29, 0.717) is 18.4 Å². The second-order valence-corrected chi connectivity index (χ2v) is 7.35. The number of nitrogens with one attached hydrogen (secondary N) is 1. The molecule has 0 saturated carbocycles. The molecule has 1 aromatic rings. The second kappa shape index (κ2) is 7.11. The zero-order valence-corrected chi connectivity index (χ0v) is 14.7. The minimum absolute atomic E-state index is 0.172. The maximum atomic E-state index is 12.7. The number of hydrogen-bond acceptors (Lipinski definition) is 1. The molecule has 0 bridgehead atoms. The van der Waals surface area contributed by atoms with Crippen LogP contribution in [0.3, 0.4) is 0 Å². The van der Waals surface area contributed by atoms with E-state index in [4.69, 9.17) is 0 Å². The van der Waals surface area contributed by atoms with Crippen molar-refractivity contribution in [1.29, 1.82) is 0 Å². The number of benzene rings is 1. The van der Waals surface area contributed by atoms with Crippen LogP contribution in [0.5, 0.6) is 0 Å². The van der Waals surface area contributed by atoms with Crippen molar-refractivity contribution in [3.63, 3.8) is 0 Å². The van der Waals surface area contributed by atoms with E-state index in [2.05, 4.69) is 72.0 Å². The Bertz CT molecular complexity index is 470.